The molecule has 1 amide bonds. The van der Waals surface area contributed by atoms with Crippen LogP contribution in [-0.4, -0.2) is 31.6 Å². The van der Waals surface area contributed by atoms with Crippen LogP contribution < -0.4 is 10.6 Å². The van der Waals surface area contributed by atoms with Gasteiger partial charge in [-0.25, -0.2) is 4.39 Å². The summed E-state index contributed by atoms with van der Waals surface area (Å²) in [5, 5.41) is 5.42. The van der Waals surface area contributed by atoms with Crippen molar-refractivity contribution in [1.29, 1.82) is 0 Å². The third kappa shape index (κ3) is 5.99. The van der Waals surface area contributed by atoms with Gasteiger partial charge in [0, 0.05) is 11.6 Å². The number of anilines is 1. The van der Waals surface area contributed by atoms with E-state index >= 15 is 0 Å². The maximum atomic E-state index is 13.4. The second kappa shape index (κ2) is 8.50. The fraction of sp³-hybridized carbons (Fsp3) is 0.385. The van der Waals surface area contributed by atoms with Crippen LogP contribution in [0.3, 0.4) is 0 Å². The van der Waals surface area contributed by atoms with Gasteiger partial charge in [0.05, 0.1) is 25.3 Å². The van der Waals surface area contributed by atoms with Crippen molar-refractivity contribution in [3.8, 4) is 0 Å². The Morgan fingerprint density at radius 1 is 1.40 bits per heavy atom. The zero-order valence-electron chi connectivity index (χ0n) is 11.0. The molecule has 0 aliphatic heterocycles. The molecular weight excluding hydrogens is 287 g/mol. The smallest absolute Gasteiger partial charge is 0.307 e. The number of carbonyl (C=O) groups is 2. The van der Waals surface area contributed by atoms with Crippen LogP contribution in [0.5, 0.6) is 0 Å². The molecule has 0 fully saturated rings. The van der Waals surface area contributed by atoms with Gasteiger partial charge < -0.3 is 15.4 Å². The Kier molecular flexibility index (Phi) is 6.97. The molecule has 0 bridgehead atoms. The van der Waals surface area contributed by atoms with Crippen molar-refractivity contribution in [2.24, 2.45) is 0 Å². The summed E-state index contributed by atoms with van der Waals surface area (Å²) in [6.07, 6.45) is 0.177. The molecule has 1 aromatic rings. The number of nitrogens with one attached hydrogen (secondary N) is 2. The summed E-state index contributed by atoms with van der Waals surface area (Å²) in [5.74, 6) is -1.34. The van der Waals surface area contributed by atoms with Crippen molar-refractivity contribution in [2.75, 3.05) is 25.0 Å². The van der Waals surface area contributed by atoms with Crippen molar-refractivity contribution in [3.05, 3.63) is 29.0 Å². The summed E-state index contributed by atoms with van der Waals surface area (Å²) in [6, 6.07) is 3.98. The summed E-state index contributed by atoms with van der Waals surface area (Å²) in [6.45, 7) is 2.34. The zero-order valence-corrected chi connectivity index (χ0v) is 11.8. The average Bonchev–Trinajstić information content (AvgIpc) is 2.38. The minimum atomic E-state index is -0.600. The first-order valence-electron chi connectivity index (χ1n) is 6.14. The van der Waals surface area contributed by atoms with Gasteiger partial charge in [0.1, 0.15) is 5.82 Å². The summed E-state index contributed by atoms with van der Waals surface area (Å²) in [4.78, 5) is 22.6. The van der Waals surface area contributed by atoms with E-state index in [0.29, 0.717) is 13.2 Å². The van der Waals surface area contributed by atoms with Gasteiger partial charge in [-0.2, -0.15) is 0 Å². The predicted octanol–water partition coefficient (Wildman–Crippen LogP) is 1.96. The Balaban J connectivity index is 2.28. The van der Waals surface area contributed by atoms with Crippen molar-refractivity contribution < 1.29 is 18.7 Å². The molecule has 0 aliphatic rings. The Labute approximate surface area is 121 Å². The fourth-order valence-electron chi connectivity index (χ4n) is 1.41. The first-order valence-corrected chi connectivity index (χ1v) is 6.52. The van der Waals surface area contributed by atoms with Crippen LogP contribution in [0.15, 0.2) is 18.2 Å². The number of ether oxygens (including phenoxy) is 1. The summed E-state index contributed by atoms with van der Waals surface area (Å²) in [5.41, 5.74) is 0.0617. The van der Waals surface area contributed by atoms with E-state index in [9.17, 15) is 14.0 Å². The molecule has 7 heteroatoms. The molecule has 0 aromatic heterocycles. The zero-order chi connectivity index (χ0) is 15.0. The van der Waals surface area contributed by atoms with Gasteiger partial charge in [0.2, 0.25) is 5.91 Å². The third-order valence-electron chi connectivity index (χ3n) is 2.30. The van der Waals surface area contributed by atoms with E-state index in [-0.39, 0.29) is 29.6 Å². The number of amides is 1. The standard InChI is InChI=1S/C13H16ClFN2O3/c1-2-20-13(19)5-6-16-8-12(18)17-11-4-3-9(14)7-10(11)15/h3-4,7,16H,2,5-6,8H2,1H3,(H,17,18). The fourth-order valence-corrected chi connectivity index (χ4v) is 1.57. The van der Waals surface area contributed by atoms with Crippen molar-refractivity contribution in [3.63, 3.8) is 0 Å². The topological polar surface area (TPSA) is 67.4 Å². The molecule has 1 aromatic carbocycles. The van der Waals surface area contributed by atoms with E-state index in [4.69, 9.17) is 16.3 Å². The summed E-state index contributed by atoms with van der Waals surface area (Å²) < 4.78 is 18.1. The first-order chi connectivity index (χ1) is 9.52. The van der Waals surface area contributed by atoms with Gasteiger partial charge in [-0.05, 0) is 25.1 Å². The van der Waals surface area contributed by atoms with E-state index in [1.807, 2.05) is 0 Å². The molecule has 0 aliphatic carbocycles. The highest BCUT2D eigenvalue weighted by molar-refractivity contribution is 6.30. The van der Waals surface area contributed by atoms with Crippen LogP contribution in [0.4, 0.5) is 10.1 Å². The quantitative estimate of drug-likeness (QED) is 0.597. The van der Waals surface area contributed by atoms with Crippen LogP contribution in [0.1, 0.15) is 13.3 Å². The lowest BCUT2D eigenvalue weighted by atomic mass is 10.3. The molecule has 0 saturated heterocycles. The van der Waals surface area contributed by atoms with Crippen LogP contribution >= 0.6 is 11.6 Å². The Morgan fingerprint density at radius 3 is 2.80 bits per heavy atom. The maximum Gasteiger partial charge on any atom is 0.307 e. The lowest BCUT2D eigenvalue weighted by Crippen LogP contribution is -2.30. The Morgan fingerprint density at radius 2 is 2.15 bits per heavy atom. The SMILES string of the molecule is CCOC(=O)CCNCC(=O)Nc1ccc(Cl)cc1F. The maximum absolute atomic E-state index is 13.4. The number of halogens is 2. The van der Waals surface area contributed by atoms with Crippen molar-refractivity contribution >= 4 is 29.2 Å². The molecular formula is C13H16ClFN2O3. The molecule has 0 spiro atoms. The second-order valence-corrected chi connectivity index (χ2v) is 4.34. The normalized spacial score (nSPS) is 10.2. The monoisotopic (exact) mass is 302 g/mol. The summed E-state index contributed by atoms with van der Waals surface area (Å²) >= 11 is 5.60. The summed E-state index contributed by atoms with van der Waals surface area (Å²) in [7, 11) is 0. The third-order valence-corrected chi connectivity index (χ3v) is 2.54. The van der Waals surface area contributed by atoms with Gasteiger partial charge in [-0.15, -0.1) is 0 Å². The highest BCUT2D eigenvalue weighted by Gasteiger charge is 2.07. The highest BCUT2D eigenvalue weighted by Crippen LogP contribution is 2.18. The van der Waals surface area contributed by atoms with Gasteiger partial charge >= 0.3 is 5.97 Å². The molecule has 110 valence electrons. The molecule has 2 N–H and O–H groups in total. The van der Waals surface area contributed by atoms with Crippen molar-refractivity contribution in [1.82, 2.24) is 5.32 Å². The number of hydrogen-bond acceptors (Lipinski definition) is 4. The molecule has 5 nitrogen and oxygen atoms in total. The van der Waals surface area contributed by atoms with E-state index in [2.05, 4.69) is 10.6 Å². The lowest BCUT2D eigenvalue weighted by Gasteiger charge is -2.07. The molecule has 0 atom stereocenters. The first kappa shape index (κ1) is 16.4. The van der Waals surface area contributed by atoms with E-state index in [1.165, 1.54) is 12.1 Å². The molecule has 0 heterocycles. The molecule has 1 rings (SSSR count). The van der Waals surface area contributed by atoms with E-state index < -0.39 is 11.7 Å². The number of hydrogen-bond donors (Lipinski definition) is 2. The Bertz CT molecular complexity index is 483. The van der Waals surface area contributed by atoms with Gasteiger partial charge in [-0.1, -0.05) is 11.6 Å². The molecule has 0 unspecified atom stereocenters. The number of rotatable bonds is 7. The highest BCUT2D eigenvalue weighted by atomic mass is 35.5. The van der Waals surface area contributed by atoms with Crippen LogP contribution in [0.25, 0.3) is 0 Å². The van der Waals surface area contributed by atoms with Crippen LogP contribution in [-0.2, 0) is 14.3 Å². The molecule has 0 radical (unpaired) electrons. The van der Waals surface area contributed by atoms with Gasteiger partial charge in [0.15, 0.2) is 0 Å². The average molecular weight is 303 g/mol. The van der Waals surface area contributed by atoms with E-state index in [0.717, 1.165) is 6.07 Å². The lowest BCUT2D eigenvalue weighted by molar-refractivity contribution is -0.143. The van der Waals surface area contributed by atoms with Crippen molar-refractivity contribution in [2.45, 2.75) is 13.3 Å². The minimum absolute atomic E-state index is 0.0263. The van der Waals surface area contributed by atoms with Gasteiger partial charge in [-0.3, -0.25) is 9.59 Å². The second-order valence-electron chi connectivity index (χ2n) is 3.90. The number of esters is 1. The van der Waals surface area contributed by atoms with E-state index in [1.54, 1.807) is 6.92 Å². The van der Waals surface area contributed by atoms with Crippen LogP contribution in [0, 0.1) is 5.82 Å². The minimum Gasteiger partial charge on any atom is -0.466 e. The predicted molar refractivity (Wildman–Crippen MR) is 74.2 cm³/mol. The van der Waals surface area contributed by atoms with Crippen LogP contribution in [0.2, 0.25) is 5.02 Å². The number of carbonyl (C=O) groups excluding carboxylic acids is 2. The molecule has 0 saturated carbocycles. The van der Waals surface area contributed by atoms with Gasteiger partial charge in [0.25, 0.3) is 0 Å². The largest absolute Gasteiger partial charge is 0.466 e. The Hall–Kier alpha value is -1.66. The molecule has 20 heavy (non-hydrogen) atoms. The number of benzene rings is 1.